The van der Waals surface area contributed by atoms with Gasteiger partial charge in [-0.1, -0.05) is 0 Å². The molecule has 0 atom stereocenters. The lowest BCUT2D eigenvalue weighted by Gasteiger charge is -2.29. The highest BCUT2D eigenvalue weighted by molar-refractivity contribution is 5.87. The number of aromatic nitrogens is 2. The molecule has 1 aromatic carbocycles. The largest absolute Gasteiger partial charge is 0.478 e. The maximum absolute atomic E-state index is 13.8. The van der Waals surface area contributed by atoms with Crippen LogP contribution in [0.1, 0.15) is 21.5 Å². The van der Waals surface area contributed by atoms with Crippen molar-refractivity contribution in [1.29, 1.82) is 0 Å². The van der Waals surface area contributed by atoms with Crippen LogP contribution in [0.15, 0.2) is 24.5 Å². The van der Waals surface area contributed by atoms with Crippen LogP contribution in [-0.4, -0.2) is 38.2 Å². The fraction of sp³-hybridized carbons (Fsp3) is 0.267. The number of carboxylic acid groups (broad SMARTS) is 1. The summed E-state index contributed by atoms with van der Waals surface area (Å²) in [5.74, 6) is -2.72. The van der Waals surface area contributed by atoms with Gasteiger partial charge in [0.2, 0.25) is 5.91 Å². The zero-order valence-corrected chi connectivity index (χ0v) is 12.0. The second kappa shape index (κ2) is 5.79. The quantitative estimate of drug-likeness (QED) is 0.928. The van der Waals surface area contributed by atoms with E-state index in [2.05, 4.69) is 5.10 Å². The normalized spacial score (nSPS) is 13.7. The minimum Gasteiger partial charge on any atom is -0.478 e. The predicted octanol–water partition coefficient (Wildman–Crippen LogP) is 1.44. The second-order valence-corrected chi connectivity index (χ2v) is 5.32. The molecule has 23 heavy (non-hydrogen) atoms. The summed E-state index contributed by atoms with van der Waals surface area (Å²) in [4.78, 5) is 24.5. The maximum Gasteiger partial charge on any atom is 0.338 e. The van der Waals surface area contributed by atoms with E-state index in [1.165, 1.54) is 21.8 Å². The molecular formula is C15H13F2N3O3. The van der Waals surface area contributed by atoms with Gasteiger partial charge in [-0.2, -0.15) is 5.10 Å². The van der Waals surface area contributed by atoms with Crippen molar-refractivity contribution in [2.24, 2.45) is 0 Å². The first-order valence-electron chi connectivity index (χ1n) is 6.94. The average molecular weight is 321 g/mol. The van der Waals surface area contributed by atoms with Gasteiger partial charge < -0.3 is 10.0 Å². The Labute approximate surface area is 129 Å². The van der Waals surface area contributed by atoms with Crippen LogP contribution in [0.25, 0.3) is 0 Å². The van der Waals surface area contributed by atoms with Gasteiger partial charge in [-0.25, -0.2) is 13.6 Å². The molecule has 0 radical (unpaired) electrons. The first kappa shape index (κ1) is 15.1. The Morgan fingerprint density at radius 1 is 1.30 bits per heavy atom. The number of hydrogen-bond acceptors (Lipinski definition) is 3. The van der Waals surface area contributed by atoms with Gasteiger partial charge in [0.05, 0.1) is 11.8 Å². The Kier molecular flexibility index (Phi) is 3.81. The average Bonchev–Trinajstić information content (AvgIpc) is 2.95. The van der Waals surface area contributed by atoms with E-state index in [1.807, 2.05) is 0 Å². The van der Waals surface area contributed by atoms with Gasteiger partial charge in [0.25, 0.3) is 0 Å². The van der Waals surface area contributed by atoms with Gasteiger partial charge in [-0.15, -0.1) is 0 Å². The minimum absolute atomic E-state index is 0.0108. The van der Waals surface area contributed by atoms with Crippen molar-refractivity contribution in [3.63, 3.8) is 0 Å². The molecular weight excluding hydrogens is 308 g/mol. The highest BCUT2D eigenvalue weighted by Gasteiger charge is 2.24. The number of hydrogen-bond donors (Lipinski definition) is 1. The number of carbonyl (C=O) groups is 2. The molecule has 0 unspecified atom stereocenters. The SMILES string of the molecule is O=C(O)c1cnn(CC(=O)N2CCc3cc(F)cc(F)c3C2)c1. The Hall–Kier alpha value is -2.77. The summed E-state index contributed by atoms with van der Waals surface area (Å²) in [6.07, 6.45) is 2.78. The van der Waals surface area contributed by atoms with E-state index in [9.17, 15) is 18.4 Å². The number of carbonyl (C=O) groups excluding carboxylic acids is 1. The molecule has 1 amide bonds. The molecule has 2 aromatic rings. The monoisotopic (exact) mass is 321 g/mol. The van der Waals surface area contributed by atoms with Crippen molar-refractivity contribution in [2.45, 2.75) is 19.5 Å². The maximum atomic E-state index is 13.8. The zero-order valence-electron chi connectivity index (χ0n) is 12.0. The standard InChI is InChI=1S/C15H13F2N3O3/c16-11-3-9-1-2-19(7-12(9)13(17)4-11)14(21)8-20-6-10(5-18-20)15(22)23/h3-6H,1-2,7-8H2,(H,22,23). The molecule has 0 saturated heterocycles. The van der Waals surface area contributed by atoms with E-state index in [1.54, 1.807) is 0 Å². The van der Waals surface area contributed by atoms with Crippen LogP contribution >= 0.6 is 0 Å². The number of aromatic carboxylic acids is 1. The van der Waals surface area contributed by atoms with Crippen molar-refractivity contribution >= 4 is 11.9 Å². The van der Waals surface area contributed by atoms with Crippen LogP contribution in [0.3, 0.4) is 0 Å². The molecule has 120 valence electrons. The molecule has 0 aliphatic carbocycles. The number of rotatable bonds is 3. The number of benzene rings is 1. The van der Waals surface area contributed by atoms with E-state index in [4.69, 9.17) is 5.11 Å². The Morgan fingerprint density at radius 2 is 2.09 bits per heavy atom. The summed E-state index contributed by atoms with van der Waals surface area (Å²) < 4.78 is 28.2. The molecule has 1 aromatic heterocycles. The van der Waals surface area contributed by atoms with Crippen molar-refractivity contribution in [2.75, 3.05) is 6.54 Å². The summed E-state index contributed by atoms with van der Waals surface area (Å²) in [5, 5.41) is 12.6. The smallest absolute Gasteiger partial charge is 0.338 e. The number of nitrogens with zero attached hydrogens (tertiary/aromatic N) is 3. The van der Waals surface area contributed by atoms with Crippen LogP contribution in [-0.2, 0) is 24.3 Å². The van der Waals surface area contributed by atoms with Gasteiger partial charge >= 0.3 is 5.97 Å². The third-order valence-corrected chi connectivity index (χ3v) is 3.78. The van der Waals surface area contributed by atoms with Crippen LogP contribution in [0, 0.1) is 11.6 Å². The van der Waals surface area contributed by atoms with E-state index >= 15 is 0 Å². The number of amides is 1. The molecule has 0 spiro atoms. The molecule has 1 N–H and O–H groups in total. The van der Waals surface area contributed by atoms with Crippen LogP contribution in [0.4, 0.5) is 8.78 Å². The molecule has 8 heteroatoms. The zero-order chi connectivity index (χ0) is 16.6. The van der Waals surface area contributed by atoms with Crippen molar-refractivity contribution in [3.8, 4) is 0 Å². The number of carboxylic acids is 1. The first-order valence-corrected chi connectivity index (χ1v) is 6.94. The third kappa shape index (κ3) is 3.05. The molecule has 6 nitrogen and oxygen atoms in total. The van der Waals surface area contributed by atoms with Crippen molar-refractivity contribution in [1.82, 2.24) is 14.7 Å². The molecule has 1 aliphatic heterocycles. The van der Waals surface area contributed by atoms with Gasteiger partial charge in [-0.05, 0) is 18.1 Å². The second-order valence-electron chi connectivity index (χ2n) is 5.32. The first-order chi connectivity index (χ1) is 10.9. The lowest BCUT2D eigenvalue weighted by molar-refractivity contribution is -0.133. The van der Waals surface area contributed by atoms with E-state index in [-0.39, 0.29) is 24.6 Å². The van der Waals surface area contributed by atoms with Crippen LogP contribution < -0.4 is 0 Å². The Morgan fingerprint density at radius 3 is 2.78 bits per heavy atom. The van der Waals surface area contributed by atoms with E-state index in [0.29, 0.717) is 24.1 Å². The lowest BCUT2D eigenvalue weighted by Crippen LogP contribution is -2.38. The van der Waals surface area contributed by atoms with Gasteiger partial charge in [0.15, 0.2) is 0 Å². The molecule has 3 rings (SSSR count). The predicted molar refractivity (Wildman–Crippen MR) is 74.7 cm³/mol. The number of halogens is 2. The molecule has 1 aliphatic rings. The van der Waals surface area contributed by atoms with E-state index < -0.39 is 17.6 Å². The molecule has 0 fully saturated rings. The minimum atomic E-state index is -1.13. The Balaban J connectivity index is 1.72. The fourth-order valence-electron chi connectivity index (χ4n) is 2.59. The summed E-state index contributed by atoms with van der Waals surface area (Å²) in [5.41, 5.74) is 0.875. The molecule has 0 saturated carbocycles. The highest BCUT2D eigenvalue weighted by atomic mass is 19.1. The van der Waals surface area contributed by atoms with Crippen LogP contribution in [0.5, 0.6) is 0 Å². The summed E-state index contributed by atoms with van der Waals surface area (Å²) in [6.45, 7) is 0.278. The molecule has 2 heterocycles. The van der Waals surface area contributed by atoms with Gasteiger partial charge in [0.1, 0.15) is 18.2 Å². The summed E-state index contributed by atoms with van der Waals surface area (Å²) in [7, 11) is 0. The molecule has 0 bridgehead atoms. The highest BCUT2D eigenvalue weighted by Crippen LogP contribution is 2.23. The number of fused-ring (bicyclic) bond motifs is 1. The van der Waals surface area contributed by atoms with Crippen LogP contribution in [0.2, 0.25) is 0 Å². The lowest BCUT2D eigenvalue weighted by atomic mass is 9.99. The Bertz CT molecular complexity index is 788. The summed E-state index contributed by atoms with van der Waals surface area (Å²) >= 11 is 0. The van der Waals surface area contributed by atoms with Crippen molar-refractivity contribution in [3.05, 3.63) is 52.9 Å². The van der Waals surface area contributed by atoms with Gasteiger partial charge in [0, 0.05) is 30.9 Å². The van der Waals surface area contributed by atoms with Crippen molar-refractivity contribution < 1.29 is 23.5 Å². The third-order valence-electron chi connectivity index (χ3n) is 3.78. The summed E-state index contributed by atoms with van der Waals surface area (Å²) in [6, 6.07) is 2.09. The van der Waals surface area contributed by atoms with Gasteiger partial charge in [-0.3, -0.25) is 9.48 Å². The fourth-order valence-corrected chi connectivity index (χ4v) is 2.59. The topological polar surface area (TPSA) is 75.4 Å². The van der Waals surface area contributed by atoms with E-state index in [0.717, 1.165) is 12.3 Å².